The van der Waals surface area contributed by atoms with Crippen LogP contribution in [0.4, 0.5) is 0 Å². The van der Waals surface area contributed by atoms with Gasteiger partial charge in [0.25, 0.3) is 5.91 Å². The first-order chi connectivity index (χ1) is 18.7. The summed E-state index contributed by atoms with van der Waals surface area (Å²) >= 11 is 0. The van der Waals surface area contributed by atoms with Crippen LogP contribution >= 0.6 is 12.4 Å². The number of amides is 1. The molecule has 0 spiro atoms. The van der Waals surface area contributed by atoms with Crippen LogP contribution in [-0.4, -0.2) is 67.3 Å². The number of hydrogen-bond acceptors (Lipinski definition) is 6. The largest absolute Gasteiger partial charge is 0.496 e. The van der Waals surface area contributed by atoms with E-state index in [-0.39, 0.29) is 35.7 Å². The van der Waals surface area contributed by atoms with Crippen LogP contribution in [0.3, 0.4) is 0 Å². The van der Waals surface area contributed by atoms with Crippen LogP contribution in [0, 0.1) is 5.92 Å². The van der Waals surface area contributed by atoms with Gasteiger partial charge < -0.3 is 19.7 Å². The molecule has 0 saturated heterocycles. The molecule has 0 aliphatic carbocycles. The Balaban J connectivity index is 0.00000560. The molecule has 3 aromatic rings. The third-order valence-electron chi connectivity index (χ3n) is 6.52. The molecule has 1 amide bonds. The predicted molar refractivity (Wildman–Crippen MR) is 162 cm³/mol. The molecule has 0 unspecified atom stereocenters. The fourth-order valence-corrected chi connectivity index (χ4v) is 4.56. The molecule has 1 aromatic heterocycles. The highest BCUT2D eigenvalue weighted by atomic mass is 35.5. The molecule has 1 atom stereocenters. The second-order valence-electron chi connectivity index (χ2n) is 10.5. The van der Waals surface area contributed by atoms with Gasteiger partial charge in [-0.15, -0.1) is 12.4 Å². The molecule has 3 rings (SSSR count). The van der Waals surface area contributed by atoms with E-state index in [9.17, 15) is 9.59 Å². The number of ether oxygens (including phenoxy) is 2. The van der Waals surface area contributed by atoms with Crippen molar-refractivity contribution in [2.45, 2.75) is 52.1 Å². The van der Waals surface area contributed by atoms with E-state index in [1.54, 1.807) is 20.3 Å². The number of halogens is 1. The Kier molecular flexibility index (Phi) is 13.2. The van der Waals surface area contributed by atoms with Crippen LogP contribution in [0.2, 0.25) is 0 Å². The Bertz CT molecular complexity index is 1210. The number of ketones is 1. The first-order valence-corrected chi connectivity index (χ1v) is 13.5. The number of rotatable bonds is 15. The van der Waals surface area contributed by atoms with Crippen molar-refractivity contribution in [1.82, 2.24) is 20.0 Å². The van der Waals surface area contributed by atoms with Crippen molar-refractivity contribution in [3.05, 3.63) is 65.9 Å². The molecule has 0 radical (unpaired) electrons. The lowest BCUT2D eigenvalue weighted by atomic mass is 9.99. The van der Waals surface area contributed by atoms with Crippen molar-refractivity contribution in [2.75, 3.05) is 34.9 Å². The Morgan fingerprint density at radius 3 is 2.23 bits per heavy atom. The van der Waals surface area contributed by atoms with Gasteiger partial charge in [0, 0.05) is 13.0 Å². The van der Waals surface area contributed by atoms with Crippen molar-refractivity contribution >= 4 is 24.1 Å². The average molecular weight is 571 g/mol. The minimum Gasteiger partial charge on any atom is -0.496 e. The second-order valence-corrected chi connectivity index (χ2v) is 10.5. The number of aromatic nitrogens is 2. The summed E-state index contributed by atoms with van der Waals surface area (Å²) in [4.78, 5) is 28.8. The minimum absolute atomic E-state index is 0. The molecule has 1 N–H and O–H groups in total. The van der Waals surface area contributed by atoms with E-state index in [4.69, 9.17) is 9.47 Å². The zero-order valence-corrected chi connectivity index (χ0v) is 25.3. The van der Waals surface area contributed by atoms with Crippen molar-refractivity contribution in [2.24, 2.45) is 5.92 Å². The average Bonchev–Trinajstić information content (AvgIpc) is 3.33. The molecule has 1 heterocycles. The summed E-state index contributed by atoms with van der Waals surface area (Å²) in [5.74, 6) is 1.21. The van der Waals surface area contributed by atoms with E-state index in [0.29, 0.717) is 37.3 Å². The van der Waals surface area contributed by atoms with Gasteiger partial charge in [-0.1, -0.05) is 50.2 Å². The number of Topliss-reactive ketones (excluding diaryl/α,β-unsaturated/α-hetero) is 1. The fourth-order valence-electron chi connectivity index (χ4n) is 4.56. The van der Waals surface area contributed by atoms with Crippen molar-refractivity contribution in [3.63, 3.8) is 0 Å². The highest BCUT2D eigenvalue weighted by Gasteiger charge is 2.25. The number of methoxy groups -OCH3 is 2. The third kappa shape index (κ3) is 9.10. The van der Waals surface area contributed by atoms with Gasteiger partial charge in [-0.25, -0.2) is 0 Å². The standard InChI is InChI=1S/C31H42N4O4.ClH/c1-22(2)21-35-26(30-28(38-5)15-10-16-29(30)39-6)20-25(33-35)31(37)32-24(27(36)14-11-19-34(3)4)18-17-23-12-8-7-9-13-23;/h7-10,12-13,15-16,20,22,24H,11,14,17-19,21H2,1-6H3,(H,32,37);1H/t24-;/m0./s1. The quantitative estimate of drug-likeness (QED) is 0.267. The predicted octanol–water partition coefficient (Wildman–Crippen LogP) is 5.29. The lowest BCUT2D eigenvalue weighted by Crippen LogP contribution is -2.41. The number of nitrogens with zero attached hydrogens (tertiary/aromatic N) is 3. The van der Waals surface area contributed by atoms with Crippen molar-refractivity contribution < 1.29 is 19.1 Å². The molecule has 0 saturated carbocycles. The number of carbonyl (C=O) groups excluding carboxylic acids is 2. The summed E-state index contributed by atoms with van der Waals surface area (Å²) in [6.45, 7) is 5.60. The highest BCUT2D eigenvalue weighted by molar-refractivity contribution is 5.97. The molecule has 0 bridgehead atoms. The fraction of sp³-hybridized carbons (Fsp3) is 0.452. The number of hydrogen-bond donors (Lipinski definition) is 1. The molecule has 8 nitrogen and oxygen atoms in total. The van der Waals surface area contributed by atoms with Gasteiger partial charge in [-0.05, 0) is 69.6 Å². The smallest absolute Gasteiger partial charge is 0.272 e. The number of aryl methyl sites for hydroxylation is 1. The normalized spacial score (nSPS) is 11.7. The molecule has 40 heavy (non-hydrogen) atoms. The molecule has 0 fully saturated rings. The van der Waals surface area contributed by atoms with E-state index in [1.165, 1.54) is 0 Å². The van der Waals surface area contributed by atoms with Crippen LogP contribution in [0.15, 0.2) is 54.6 Å². The van der Waals surface area contributed by atoms with Gasteiger partial charge in [0.1, 0.15) is 11.5 Å². The van der Waals surface area contributed by atoms with E-state index in [0.717, 1.165) is 29.8 Å². The summed E-state index contributed by atoms with van der Waals surface area (Å²) in [5, 5.41) is 7.67. The number of carbonyl (C=O) groups is 2. The van der Waals surface area contributed by atoms with Crippen LogP contribution in [0.25, 0.3) is 11.3 Å². The Labute approximate surface area is 244 Å². The lowest BCUT2D eigenvalue weighted by Gasteiger charge is -2.18. The molecule has 218 valence electrons. The maximum Gasteiger partial charge on any atom is 0.272 e. The Hall–Kier alpha value is -3.36. The van der Waals surface area contributed by atoms with Gasteiger partial charge in [0.15, 0.2) is 11.5 Å². The van der Waals surface area contributed by atoms with Gasteiger partial charge >= 0.3 is 0 Å². The molecule has 0 aliphatic rings. The van der Waals surface area contributed by atoms with Gasteiger partial charge in [0.05, 0.1) is 31.5 Å². The summed E-state index contributed by atoms with van der Waals surface area (Å²) in [7, 11) is 7.18. The molecular formula is C31H43ClN4O4. The lowest BCUT2D eigenvalue weighted by molar-refractivity contribution is -0.121. The summed E-state index contributed by atoms with van der Waals surface area (Å²) in [6, 6.07) is 16.7. The van der Waals surface area contributed by atoms with Crippen LogP contribution in [0.5, 0.6) is 11.5 Å². The first-order valence-electron chi connectivity index (χ1n) is 13.5. The zero-order chi connectivity index (χ0) is 28.4. The number of nitrogens with one attached hydrogen (secondary N) is 1. The zero-order valence-electron chi connectivity index (χ0n) is 24.5. The van der Waals surface area contributed by atoms with E-state index >= 15 is 0 Å². The summed E-state index contributed by atoms with van der Waals surface area (Å²) in [6.07, 6.45) is 2.36. The van der Waals surface area contributed by atoms with Crippen molar-refractivity contribution in [1.29, 1.82) is 0 Å². The van der Waals surface area contributed by atoms with Crippen molar-refractivity contribution in [3.8, 4) is 22.8 Å². The molecular weight excluding hydrogens is 528 g/mol. The van der Waals surface area contributed by atoms with Gasteiger partial charge in [-0.3, -0.25) is 14.3 Å². The van der Waals surface area contributed by atoms with E-state index in [1.807, 2.05) is 67.3 Å². The van der Waals surface area contributed by atoms with Crippen LogP contribution < -0.4 is 14.8 Å². The third-order valence-corrected chi connectivity index (χ3v) is 6.52. The minimum atomic E-state index is -0.598. The van der Waals surface area contributed by atoms with E-state index < -0.39 is 6.04 Å². The molecule has 0 aliphatic heterocycles. The van der Waals surface area contributed by atoms with Crippen LogP contribution in [-0.2, 0) is 17.8 Å². The van der Waals surface area contributed by atoms with Crippen LogP contribution in [0.1, 0.15) is 49.2 Å². The second kappa shape index (κ2) is 16.0. The summed E-state index contributed by atoms with van der Waals surface area (Å²) in [5.41, 5.74) is 2.84. The summed E-state index contributed by atoms with van der Waals surface area (Å²) < 4.78 is 13.1. The maximum atomic E-state index is 13.5. The maximum absolute atomic E-state index is 13.5. The molecule has 9 heteroatoms. The SMILES string of the molecule is COc1cccc(OC)c1-c1cc(C(=O)N[C@@H](CCc2ccccc2)C(=O)CCCN(C)C)nn1CC(C)C.Cl. The highest BCUT2D eigenvalue weighted by Crippen LogP contribution is 2.38. The van der Waals surface area contributed by atoms with E-state index in [2.05, 4.69) is 29.2 Å². The number of benzene rings is 2. The molecule has 2 aromatic carbocycles. The van der Waals surface area contributed by atoms with Gasteiger partial charge in [0.2, 0.25) is 0 Å². The monoisotopic (exact) mass is 570 g/mol. The Morgan fingerprint density at radius 2 is 1.65 bits per heavy atom. The Morgan fingerprint density at radius 1 is 1.00 bits per heavy atom. The topological polar surface area (TPSA) is 85.7 Å². The first kappa shape index (κ1) is 32.8. The van der Waals surface area contributed by atoms with Gasteiger partial charge in [-0.2, -0.15) is 5.10 Å².